The molecule has 156 valence electrons. The first-order valence-electron chi connectivity index (χ1n) is 10.4. The second kappa shape index (κ2) is 10.2. The molecule has 3 rings (SSSR count). The summed E-state index contributed by atoms with van der Waals surface area (Å²) in [5.41, 5.74) is 1.71. The largest absolute Gasteiger partial charge is 0.508 e. The highest BCUT2D eigenvalue weighted by Gasteiger charge is 2.27. The molecule has 29 heavy (non-hydrogen) atoms. The summed E-state index contributed by atoms with van der Waals surface area (Å²) in [7, 11) is 0. The fourth-order valence-corrected chi connectivity index (χ4v) is 3.87. The van der Waals surface area contributed by atoms with Crippen LogP contribution in [0.25, 0.3) is 0 Å². The number of hydrogen-bond donors (Lipinski definition) is 3. The summed E-state index contributed by atoms with van der Waals surface area (Å²) < 4.78 is 0. The van der Waals surface area contributed by atoms with Crippen molar-refractivity contribution in [3.63, 3.8) is 0 Å². The predicted octanol–water partition coefficient (Wildman–Crippen LogP) is 4.40. The van der Waals surface area contributed by atoms with E-state index in [-0.39, 0.29) is 23.6 Å². The Balaban J connectivity index is 1.60. The number of carbonyl (C=O) groups is 1. The number of unbranched alkanes of at least 4 members (excludes halogenated alkanes) is 1. The molecule has 2 aromatic rings. The van der Waals surface area contributed by atoms with Crippen molar-refractivity contribution in [1.82, 2.24) is 9.80 Å². The van der Waals surface area contributed by atoms with Crippen LogP contribution in [0, 0.1) is 0 Å². The van der Waals surface area contributed by atoms with Crippen molar-refractivity contribution in [2.45, 2.75) is 45.2 Å². The summed E-state index contributed by atoms with van der Waals surface area (Å²) in [6.45, 7) is 5.68. The van der Waals surface area contributed by atoms with Gasteiger partial charge in [-0.05, 0) is 24.8 Å². The molecule has 0 radical (unpaired) electrons. The quantitative estimate of drug-likeness (QED) is 0.647. The monoisotopic (exact) mass is 397 g/mol. The lowest BCUT2D eigenvalue weighted by Gasteiger charge is -2.38. The number of amides is 2. The summed E-state index contributed by atoms with van der Waals surface area (Å²) in [6, 6.07) is 14.6. The van der Waals surface area contributed by atoms with Gasteiger partial charge in [-0.1, -0.05) is 43.7 Å². The molecule has 1 aliphatic heterocycles. The van der Waals surface area contributed by atoms with Crippen LogP contribution in [0.3, 0.4) is 0 Å². The number of anilines is 1. The first-order chi connectivity index (χ1) is 14.0. The van der Waals surface area contributed by atoms with E-state index in [2.05, 4.69) is 41.4 Å². The van der Waals surface area contributed by atoms with Crippen LogP contribution in [0.5, 0.6) is 11.5 Å². The number of likely N-dealkylation sites (tertiary alicyclic amines) is 1. The summed E-state index contributed by atoms with van der Waals surface area (Å²) in [5.74, 6) is -0.149. The summed E-state index contributed by atoms with van der Waals surface area (Å²) in [6.07, 6.45) is 3.84. The number of phenolic OH excluding ortho intramolecular Hbond substituents is 2. The Morgan fingerprint density at radius 1 is 1.10 bits per heavy atom. The molecule has 6 nitrogen and oxygen atoms in total. The Morgan fingerprint density at radius 3 is 2.38 bits per heavy atom. The predicted molar refractivity (Wildman–Crippen MR) is 115 cm³/mol. The summed E-state index contributed by atoms with van der Waals surface area (Å²) in [4.78, 5) is 17.3. The second-order valence-electron chi connectivity index (χ2n) is 7.71. The topological polar surface area (TPSA) is 76.0 Å². The van der Waals surface area contributed by atoms with E-state index in [9.17, 15) is 15.0 Å². The number of phenols is 2. The van der Waals surface area contributed by atoms with Gasteiger partial charge in [0.1, 0.15) is 11.5 Å². The third kappa shape index (κ3) is 6.12. The van der Waals surface area contributed by atoms with E-state index in [1.54, 1.807) is 0 Å². The highest BCUT2D eigenvalue weighted by atomic mass is 16.3. The van der Waals surface area contributed by atoms with Crippen LogP contribution in [0.4, 0.5) is 10.5 Å². The van der Waals surface area contributed by atoms with Crippen molar-refractivity contribution in [2.75, 3.05) is 25.0 Å². The van der Waals surface area contributed by atoms with Crippen molar-refractivity contribution < 1.29 is 15.0 Å². The summed E-state index contributed by atoms with van der Waals surface area (Å²) >= 11 is 0. The van der Waals surface area contributed by atoms with Crippen molar-refractivity contribution in [3.8, 4) is 11.5 Å². The Labute approximate surface area is 172 Å². The summed E-state index contributed by atoms with van der Waals surface area (Å²) in [5, 5.41) is 22.1. The molecule has 1 aliphatic rings. The molecule has 0 aromatic heterocycles. The van der Waals surface area contributed by atoms with Crippen LogP contribution in [-0.4, -0.2) is 51.7 Å². The molecular formula is C23H31N3O3. The Bertz CT molecular complexity index is 769. The molecule has 6 heteroatoms. The molecule has 1 fully saturated rings. The average molecular weight is 398 g/mol. The lowest BCUT2D eigenvalue weighted by atomic mass is 10.0. The van der Waals surface area contributed by atoms with Gasteiger partial charge in [0, 0.05) is 56.1 Å². The maximum atomic E-state index is 13.0. The molecular weight excluding hydrogens is 366 g/mol. The smallest absolute Gasteiger partial charge is 0.322 e. The zero-order valence-corrected chi connectivity index (χ0v) is 17.1. The number of urea groups is 1. The van der Waals surface area contributed by atoms with Gasteiger partial charge < -0.3 is 20.4 Å². The third-order valence-electron chi connectivity index (χ3n) is 5.41. The average Bonchev–Trinajstić information content (AvgIpc) is 2.69. The van der Waals surface area contributed by atoms with E-state index in [4.69, 9.17) is 0 Å². The first kappa shape index (κ1) is 21.0. The number of benzene rings is 2. The Kier molecular flexibility index (Phi) is 7.36. The van der Waals surface area contributed by atoms with Crippen molar-refractivity contribution in [3.05, 3.63) is 54.1 Å². The minimum Gasteiger partial charge on any atom is -0.508 e. The fourth-order valence-electron chi connectivity index (χ4n) is 3.87. The maximum absolute atomic E-state index is 13.0. The van der Waals surface area contributed by atoms with Gasteiger partial charge in [0.2, 0.25) is 0 Å². The maximum Gasteiger partial charge on any atom is 0.322 e. The van der Waals surface area contributed by atoms with Crippen LogP contribution in [0.15, 0.2) is 48.5 Å². The van der Waals surface area contributed by atoms with Crippen LogP contribution >= 0.6 is 0 Å². The number of aromatic hydroxyl groups is 2. The van der Waals surface area contributed by atoms with E-state index >= 15 is 0 Å². The van der Waals surface area contributed by atoms with Gasteiger partial charge in [0.05, 0.1) is 0 Å². The van der Waals surface area contributed by atoms with E-state index in [0.717, 1.165) is 45.3 Å². The van der Waals surface area contributed by atoms with Gasteiger partial charge in [-0.2, -0.15) is 0 Å². The van der Waals surface area contributed by atoms with Crippen LogP contribution in [0.2, 0.25) is 0 Å². The molecule has 3 N–H and O–H groups in total. The van der Waals surface area contributed by atoms with Crippen LogP contribution in [-0.2, 0) is 6.54 Å². The van der Waals surface area contributed by atoms with Gasteiger partial charge in [-0.15, -0.1) is 0 Å². The number of carbonyl (C=O) groups excluding carboxylic acids is 1. The third-order valence-corrected chi connectivity index (χ3v) is 5.41. The Morgan fingerprint density at radius 2 is 1.76 bits per heavy atom. The SMILES string of the molecule is CCCCN(C(=O)Nc1cc(O)cc(O)c1)C1CCN(Cc2ccccc2)CC1. The lowest BCUT2D eigenvalue weighted by molar-refractivity contribution is 0.122. The van der Waals surface area contributed by atoms with Gasteiger partial charge >= 0.3 is 6.03 Å². The zero-order valence-electron chi connectivity index (χ0n) is 17.1. The molecule has 2 amide bonds. The molecule has 0 spiro atoms. The molecule has 0 atom stereocenters. The number of nitrogens with zero attached hydrogens (tertiary/aromatic N) is 2. The lowest BCUT2D eigenvalue weighted by Crippen LogP contribution is -2.49. The van der Waals surface area contributed by atoms with Crippen molar-refractivity contribution >= 4 is 11.7 Å². The highest BCUT2D eigenvalue weighted by molar-refractivity contribution is 5.90. The van der Waals surface area contributed by atoms with Crippen LogP contribution in [0.1, 0.15) is 38.2 Å². The molecule has 0 bridgehead atoms. The van der Waals surface area contributed by atoms with Gasteiger partial charge in [0.25, 0.3) is 0 Å². The van der Waals surface area contributed by atoms with E-state index in [0.29, 0.717) is 12.2 Å². The second-order valence-corrected chi connectivity index (χ2v) is 7.71. The van der Waals surface area contributed by atoms with Gasteiger partial charge in [-0.3, -0.25) is 4.90 Å². The van der Waals surface area contributed by atoms with E-state index in [1.165, 1.54) is 23.8 Å². The van der Waals surface area contributed by atoms with Crippen LogP contribution < -0.4 is 5.32 Å². The highest BCUT2D eigenvalue weighted by Crippen LogP contribution is 2.25. The van der Waals surface area contributed by atoms with E-state index < -0.39 is 0 Å². The minimum atomic E-state index is -0.176. The van der Waals surface area contributed by atoms with Gasteiger partial charge in [-0.25, -0.2) is 4.79 Å². The first-order valence-corrected chi connectivity index (χ1v) is 10.4. The molecule has 0 unspecified atom stereocenters. The Hall–Kier alpha value is -2.73. The molecule has 1 saturated heterocycles. The van der Waals surface area contributed by atoms with Gasteiger partial charge in [0.15, 0.2) is 0 Å². The zero-order chi connectivity index (χ0) is 20.6. The van der Waals surface area contributed by atoms with Crippen molar-refractivity contribution in [1.29, 1.82) is 0 Å². The fraction of sp³-hybridized carbons (Fsp3) is 0.435. The minimum absolute atomic E-state index is 0.0744. The van der Waals surface area contributed by atoms with Crippen molar-refractivity contribution in [2.24, 2.45) is 0 Å². The standard InChI is InChI=1S/C23H31N3O3/c1-2-3-11-26(23(29)24-19-14-21(27)16-22(28)15-19)20-9-12-25(13-10-20)17-18-7-5-4-6-8-18/h4-8,14-16,20,27-28H,2-3,9-13,17H2,1H3,(H,24,29). The number of nitrogens with one attached hydrogen (secondary N) is 1. The molecule has 0 saturated carbocycles. The number of hydrogen-bond acceptors (Lipinski definition) is 4. The number of rotatable bonds is 7. The number of piperidine rings is 1. The molecule has 0 aliphatic carbocycles. The normalized spacial score (nSPS) is 15.2. The molecule has 1 heterocycles. The van der Waals surface area contributed by atoms with E-state index in [1.807, 2.05) is 11.0 Å². The molecule has 2 aromatic carbocycles.